The zero-order chi connectivity index (χ0) is 33.4. The van der Waals surface area contributed by atoms with Crippen LogP contribution in [0.1, 0.15) is 62.5 Å². The number of nitrogens with zero attached hydrogens (tertiary/aromatic N) is 1. The van der Waals surface area contributed by atoms with E-state index < -0.39 is 56.4 Å². The minimum absolute atomic E-state index is 0.0146. The van der Waals surface area contributed by atoms with Crippen molar-refractivity contribution in [3.8, 4) is 0 Å². The second kappa shape index (κ2) is 13.1. The molecular weight excluding hydrogens is 643 g/mol. The molecule has 0 unspecified atom stereocenters. The number of carbonyl (C=O) groups excluding carboxylic acids is 1. The SMILES string of the molecule is O=C(C1CCCCC1)N1CC[C@](c2ccc(C(OCC3CCOCC3)(C(F)(F)F)C(F)(F)F)cc2)(S(=O)(=O)c2ccc(F)cc2)C1. The Morgan fingerprint density at radius 3 is 2.02 bits per heavy atom. The van der Waals surface area contributed by atoms with E-state index in [1.807, 2.05) is 0 Å². The number of amides is 1. The van der Waals surface area contributed by atoms with E-state index in [4.69, 9.17) is 9.47 Å². The van der Waals surface area contributed by atoms with Crippen LogP contribution < -0.4 is 0 Å². The summed E-state index contributed by atoms with van der Waals surface area (Å²) in [6.45, 7) is -0.769. The molecule has 2 saturated heterocycles. The number of halogens is 7. The Hall–Kier alpha value is -2.71. The van der Waals surface area contributed by atoms with Crippen molar-refractivity contribution in [3.63, 3.8) is 0 Å². The summed E-state index contributed by atoms with van der Waals surface area (Å²) in [5, 5.41) is 0. The maximum absolute atomic E-state index is 14.5. The Labute approximate surface area is 263 Å². The van der Waals surface area contributed by atoms with Crippen LogP contribution in [0.15, 0.2) is 53.4 Å². The molecule has 2 heterocycles. The molecule has 1 atom stereocenters. The van der Waals surface area contributed by atoms with E-state index in [1.54, 1.807) is 0 Å². The predicted octanol–water partition coefficient (Wildman–Crippen LogP) is 7.07. The van der Waals surface area contributed by atoms with Crippen LogP contribution in [0.2, 0.25) is 0 Å². The minimum Gasteiger partial charge on any atom is -0.381 e. The fourth-order valence-corrected chi connectivity index (χ4v) is 9.00. The lowest BCUT2D eigenvalue weighted by Gasteiger charge is -2.39. The van der Waals surface area contributed by atoms with Crippen molar-refractivity contribution in [2.75, 3.05) is 32.9 Å². The van der Waals surface area contributed by atoms with Crippen LogP contribution in [0.3, 0.4) is 0 Å². The van der Waals surface area contributed by atoms with Gasteiger partial charge in [0.1, 0.15) is 10.6 Å². The van der Waals surface area contributed by atoms with Gasteiger partial charge in [0.15, 0.2) is 9.84 Å². The fourth-order valence-electron chi connectivity index (χ4n) is 6.93. The first-order chi connectivity index (χ1) is 21.6. The van der Waals surface area contributed by atoms with Gasteiger partial charge in [0.05, 0.1) is 11.5 Å². The Balaban J connectivity index is 1.56. The van der Waals surface area contributed by atoms with Crippen molar-refractivity contribution < 1.29 is 53.4 Å². The highest BCUT2D eigenvalue weighted by Crippen LogP contribution is 2.54. The number of ether oxygens (including phenoxy) is 2. The Kier molecular flexibility index (Phi) is 9.83. The van der Waals surface area contributed by atoms with Gasteiger partial charge >= 0.3 is 12.4 Å². The number of hydrogen-bond donors (Lipinski definition) is 0. The molecule has 1 saturated carbocycles. The maximum atomic E-state index is 14.5. The molecule has 46 heavy (non-hydrogen) atoms. The number of carbonyl (C=O) groups is 1. The number of alkyl halides is 6. The minimum atomic E-state index is -5.91. The van der Waals surface area contributed by atoms with E-state index in [1.165, 1.54) is 4.90 Å². The molecule has 2 aromatic rings. The van der Waals surface area contributed by atoms with E-state index >= 15 is 0 Å². The molecule has 0 bridgehead atoms. The lowest BCUT2D eigenvalue weighted by molar-refractivity contribution is -0.391. The molecule has 0 radical (unpaired) electrons. The molecule has 5 rings (SSSR count). The summed E-state index contributed by atoms with van der Waals surface area (Å²) in [5.41, 5.74) is -5.99. The largest absolute Gasteiger partial charge is 0.430 e. The highest BCUT2D eigenvalue weighted by Gasteiger charge is 2.73. The number of likely N-dealkylation sites (tertiary alicyclic amines) is 1. The maximum Gasteiger partial charge on any atom is 0.430 e. The Bertz CT molecular complexity index is 1450. The molecule has 0 spiro atoms. The first-order valence-electron chi connectivity index (χ1n) is 15.4. The van der Waals surface area contributed by atoms with Crippen molar-refractivity contribution in [2.24, 2.45) is 11.8 Å². The first kappa shape index (κ1) is 34.6. The van der Waals surface area contributed by atoms with Crippen LogP contribution in [0.25, 0.3) is 0 Å². The van der Waals surface area contributed by atoms with E-state index in [9.17, 15) is 43.9 Å². The standard InChI is InChI=1S/C32H36F7NO5S/c33-26-10-12-27(13-11-26)46(42,43)29(16-17-40(21-29)28(41)23-4-2-1-3-5-23)24-6-8-25(9-7-24)30(31(34,35)36,32(37,38)39)45-20-22-14-18-44-19-15-22/h6-13,22-23H,1-5,14-21H2/t29-/m0/s1. The molecule has 0 aromatic heterocycles. The molecular formula is C32H36F7NO5S. The van der Waals surface area contributed by atoms with Crippen LogP contribution in [-0.2, 0) is 34.5 Å². The van der Waals surface area contributed by atoms with Crippen LogP contribution >= 0.6 is 0 Å². The van der Waals surface area contributed by atoms with Gasteiger partial charge in [-0.3, -0.25) is 4.79 Å². The summed E-state index contributed by atoms with van der Waals surface area (Å²) in [5.74, 6) is -1.81. The zero-order valence-electron chi connectivity index (χ0n) is 25.0. The lowest BCUT2D eigenvalue weighted by atomic mass is 9.87. The van der Waals surface area contributed by atoms with Gasteiger partial charge in [0.2, 0.25) is 5.91 Å². The van der Waals surface area contributed by atoms with Crippen molar-refractivity contribution in [3.05, 3.63) is 65.5 Å². The monoisotopic (exact) mass is 679 g/mol. The first-order valence-corrected chi connectivity index (χ1v) is 16.9. The van der Waals surface area contributed by atoms with Crippen LogP contribution in [0.5, 0.6) is 0 Å². The highest BCUT2D eigenvalue weighted by atomic mass is 32.2. The van der Waals surface area contributed by atoms with Crippen LogP contribution in [0.4, 0.5) is 30.7 Å². The molecule has 254 valence electrons. The molecule has 3 aliphatic rings. The molecule has 3 fully saturated rings. The molecule has 14 heteroatoms. The smallest absolute Gasteiger partial charge is 0.381 e. The third-order valence-corrected chi connectivity index (χ3v) is 12.1. The molecule has 2 aliphatic heterocycles. The molecule has 0 N–H and O–H groups in total. The fraction of sp³-hybridized carbons (Fsp3) is 0.594. The van der Waals surface area contributed by atoms with E-state index in [-0.39, 0.29) is 67.8 Å². The Morgan fingerprint density at radius 1 is 0.870 bits per heavy atom. The van der Waals surface area contributed by atoms with Gasteiger partial charge in [-0.05, 0) is 67.9 Å². The molecule has 1 aliphatic carbocycles. The summed E-state index contributed by atoms with van der Waals surface area (Å²) in [4.78, 5) is 14.6. The average molecular weight is 680 g/mol. The van der Waals surface area contributed by atoms with Gasteiger partial charge in [-0.15, -0.1) is 0 Å². The molecule has 1 amide bonds. The summed E-state index contributed by atoms with van der Waals surface area (Å²) in [6, 6.07) is 7.08. The van der Waals surface area contributed by atoms with Crippen molar-refractivity contribution in [2.45, 2.75) is 79.0 Å². The van der Waals surface area contributed by atoms with Crippen molar-refractivity contribution >= 4 is 15.7 Å². The number of rotatable bonds is 8. The summed E-state index contributed by atoms with van der Waals surface area (Å²) in [7, 11) is -4.45. The predicted molar refractivity (Wildman–Crippen MR) is 153 cm³/mol. The Morgan fingerprint density at radius 2 is 1.46 bits per heavy atom. The lowest BCUT2D eigenvalue weighted by Crippen LogP contribution is -2.56. The van der Waals surface area contributed by atoms with Crippen molar-refractivity contribution in [1.29, 1.82) is 0 Å². The van der Waals surface area contributed by atoms with Gasteiger partial charge in [-0.25, -0.2) is 12.8 Å². The number of hydrogen-bond acceptors (Lipinski definition) is 5. The van der Waals surface area contributed by atoms with Crippen LogP contribution in [0, 0.1) is 17.7 Å². The van der Waals surface area contributed by atoms with Gasteiger partial charge in [0, 0.05) is 37.8 Å². The molecule has 6 nitrogen and oxygen atoms in total. The molecule has 2 aromatic carbocycles. The summed E-state index contributed by atoms with van der Waals surface area (Å²) < 4.78 is 137. The van der Waals surface area contributed by atoms with E-state index in [0.29, 0.717) is 25.0 Å². The zero-order valence-corrected chi connectivity index (χ0v) is 25.8. The second-order valence-electron chi connectivity index (χ2n) is 12.4. The average Bonchev–Trinajstić information content (AvgIpc) is 3.49. The van der Waals surface area contributed by atoms with Gasteiger partial charge in [0.25, 0.3) is 5.60 Å². The quantitative estimate of drug-likeness (QED) is 0.221. The number of sulfone groups is 1. The van der Waals surface area contributed by atoms with Gasteiger partial charge in [-0.2, -0.15) is 26.3 Å². The van der Waals surface area contributed by atoms with Gasteiger partial charge < -0.3 is 14.4 Å². The normalized spacial score (nSPS) is 22.7. The number of benzene rings is 2. The van der Waals surface area contributed by atoms with Crippen LogP contribution in [-0.4, -0.2) is 64.5 Å². The topological polar surface area (TPSA) is 72.9 Å². The summed E-state index contributed by atoms with van der Waals surface area (Å²) in [6.07, 6.45) is -7.53. The highest BCUT2D eigenvalue weighted by molar-refractivity contribution is 7.92. The van der Waals surface area contributed by atoms with E-state index in [2.05, 4.69) is 0 Å². The summed E-state index contributed by atoms with van der Waals surface area (Å²) >= 11 is 0. The van der Waals surface area contributed by atoms with Gasteiger partial charge in [-0.1, -0.05) is 43.5 Å². The third-order valence-electron chi connectivity index (χ3n) is 9.63. The third kappa shape index (κ3) is 6.28. The van der Waals surface area contributed by atoms with Crippen molar-refractivity contribution in [1.82, 2.24) is 4.90 Å². The van der Waals surface area contributed by atoms with E-state index in [0.717, 1.165) is 55.7 Å². The second-order valence-corrected chi connectivity index (χ2v) is 14.7.